The number of rotatable bonds is 5. The zero-order valence-electron chi connectivity index (χ0n) is 21.4. The van der Waals surface area contributed by atoms with Gasteiger partial charge in [-0.2, -0.15) is 0 Å². The van der Waals surface area contributed by atoms with Crippen molar-refractivity contribution in [2.45, 2.75) is 96.1 Å². The first kappa shape index (κ1) is 27.4. The SMILES string of the molecule is CC(N[S+]([O-])C(C)(C)C)c1cnc2n1C[C@H](c1cccc(F)c1F)CC[C@H]2N(C(=O)O)C(C)(C)C. The average molecular weight is 511 g/mol. The number of benzene rings is 1. The predicted octanol–water partition coefficient (Wildman–Crippen LogP) is 5.67. The molecule has 2 heterocycles. The third-order valence-electron chi connectivity index (χ3n) is 6.35. The number of halogens is 2. The number of carboxylic acid groups (broad SMARTS) is 1. The second-order valence-electron chi connectivity index (χ2n) is 11.1. The Bertz CT molecular complexity index is 1060. The minimum absolute atomic E-state index is 0.257. The standard InChI is InChI=1S/C25H36F2N4O3S/c1-15(29-35(34)25(5,6)7)20-13-28-22-19(31(23(32)33)24(2,3)4)12-11-16(14-30(20)22)17-9-8-10-18(26)21(17)27/h8-10,13,15-16,19,29H,11-12,14H2,1-7H3,(H,32,33)/t15?,16-,19-,35?/m1/s1. The van der Waals surface area contributed by atoms with Gasteiger partial charge in [-0.1, -0.05) is 12.1 Å². The number of amides is 1. The highest BCUT2D eigenvalue weighted by atomic mass is 32.2. The van der Waals surface area contributed by atoms with Crippen LogP contribution in [-0.2, 0) is 17.9 Å². The molecule has 0 aliphatic carbocycles. The topological polar surface area (TPSA) is 93.5 Å². The molecule has 1 aromatic carbocycles. The number of fused-ring (bicyclic) bond motifs is 1. The van der Waals surface area contributed by atoms with Gasteiger partial charge in [0.05, 0.1) is 24.0 Å². The van der Waals surface area contributed by atoms with Crippen LogP contribution in [0.3, 0.4) is 0 Å². The molecule has 0 bridgehead atoms. The van der Waals surface area contributed by atoms with E-state index in [4.69, 9.17) is 0 Å². The Kier molecular flexibility index (Phi) is 7.88. The van der Waals surface area contributed by atoms with Gasteiger partial charge in [-0.05, 0) is 72.9 Å². The molecule has 0 saturated carbocycles. The number of carbonyl (C=O) groups is 1. The summed E-state index contributed by atoms with van der Waals surface area (Å²) in [6, 6.07) is 3.20. The van der Waals surface area contributed by atoms with Crippen LogP contribution in [-0.4, -0.2) is 40.5 Å². The molecule has 2 unspecified atom stereocenters. The Morgan fingerprint density at radius 1 is 1.26 bits per heavy atom. The number of nitrogens with one attached hydrogen (secondary N) is 1. The van der Waals surface area contributed by atoms with Crippen molar-refractivity contribution in [3.63, 3.8) is 0 Å². The lowest BCUT2D eigenvalue weighted by Gasteiger charge is -2.39. The molecule has 3 rings (SSSR count). The molecule has 35 heavy (non-hydrogen) atoms. The minimum Gasteiger partial charge on any atom is -0.598 e. The number of nitrogens with zero attached hydrogens (tertiary/aromatic N) is 3. The van der Waals surface area contributed by atoms with E-state index in [1.54, 1.807) is 12.3 Å². The molecule has 2 aromatic rings. The normalized spacial score (nSPS) is 20.6. The molecule has 1 aliphatic rings. The molecule has 7 nitrogen and oxygen atoms in total. The largest absolute Gasteiger partial charge is 0.598 e. The van der Waals surface area contributed by atoms with Crippen molar-refractivity contribution in [1.82, 2.24) is 19.2 Å². The maximum Gasteiger partial charge on any atom is 0.408 e. The van der Waals surface area contributed by atoms with Gasteiger partial charge in [0, 0.05) is 29.4 Å². The highest BCUT2D eigenvalue weighted by Gasteiger charge is 2.40. The van der Waals surface area contributed by atoms with Crippen LogP contribution in [0, 0.1) is 11.6 Å². The van der Waals surface area contributed by atoms with E-state index in [1.165, 1.54) is 11.0 Å². The van der Waals surface area contributed by atoms with E-state index in [0.29, 0.717) is 30.9 Å². The zero-order chi connectivity index (χ0) is 26.3. The molecule has 4 atom stereocenters. The van der Waals surface area contributed by atoms with Gasteiger partial charge in [-0.15, -0.1) is 4.72 Å². The van der Waals surface area contributed by atoms with Gasteiger partial charge >= 0.3 is 6.09 Å². The predicted molar refractivity (Wildman–Crippen MR) is 132 cm³/mol. The number of hydrogen-bond acceptors (Lipinski definition) is 4. The molecule has 10 heteroatoms. The first-order chi connectivity index (χ1) is 16.1. The fourth-order valence-corrected chi connectivity index (χ4v) is 5.43. The second-order valence-corrected chi connectivity index (χ2v) is 13.1. The van der Waals surface area contributed by atoms with E-state index in [-0.39, 0.29) is 11.6 Å². The van der Waals surface area contributed by atoms with Crippen LogP contribution >= 0.6 is 0 Å². The molecule has 1 aromatic heterocycles. The quantitative estimate of drug-likeness (QED) is 0.506. The van der Waals surface area contributed by atoms with Crippen molar-refractivity contribution in [1.29, 1.82) is 0 Å². The Labute approximate surface area is 209 Å². The maximum absolute atomic E-state index is 14.8. The molecule has 0 spiro atoms. The van der Waals surface area contributed by atoms with Crippen molar-refractivity contribution in [2.24, 2.45) is 0 Å². The van der Waals surface area contributed by atoms with Crippen LogP contribution in [0.5, 0.6) is 0 Å². The van der Waals surface area contributed by atoms with Gasteiger partial charge in [0.25, 0.3) is 0 Å². The number of hydrogen-bond donors (Lipinski definition) is 2. The summed E-state index contributed by atoms with van der Waals surface area (Å²) >= 11 is -1.35. The second kappa shape index (κ2) is 10.1. The summed E-state index contributed by atoms with van der Waals surface area (Å²) in [5.74, 6) is -1.64. The van der Waals surface area contributed by atoms with Gasteiger partial charge < -0.3 is 14.2 Å². The molecule has 1 aliphatic heterocycles. The first-order valence-electron chi connectivity index (χ1n) is 11.8. The summed E-state index contributed by atoms with van der Waals surface area (Å²) in [7, 11) is 0. The van der Waals surface area contributed by atoms with Gasteiger partial charge in [-0.25, -0.2) is 18.6 Å². The Morgan fingerprint density at radius 3 is 2.49 bits per heavy atom. The summed E-state index contributed by atoms with van der Waals surface area (Å²) in [5.41, 5.74) is 0.257. The van der Waals surface area contributed by atoms with Crippen LogP contribution < -0.4 is 4.72 Å². The Hall–Kier alpha value is -2.17. The summed E-state index contributed by atoms with van der Waals surface area (Å²) in [5, 5.41) is 10.1. The van der Waals surface area contributed by atoms with E-state index in [9.17, 15) is 23.2 Å². The highest BCUT2D eigenvalue weighted by Crippen LogP contribution is 2.40. The zero-order valence-corrected chi connectivity index (χ0v) is 22.2. The van der Waals surface area contributed by atoms with Crippen LogP contribution in [0.4, 0.5) is 13.6 Å². The van der Waals surface area contributed by atoms with Crippen LogP contribution in [0.15, 0.2) is 24.4 Å². The number of aromatic nitrogens is 2. The van der Waals surface area contributed by atoms with Crippen molar-refractivity contribution in [3.8, 4) is 0 Å². The van der Waals surface area contributed by atoms with E-state index in [1.807, 2.05) is 53.0 Å². The van der Waals surface area contributed by atoms with Crippen molar-refractivity contribution in [2.75, 3.05) is 0 Å². The van der Waals surface area contributed by atoms with E-state index in [0.717, 1.165) is 6.07 Å². The molecule has 0 radical (unpaired) electrons. The summed E-state index contributed by atoms with van der Waals surface area (Å²) < 4.78 is 46.2. The lowest BCUT2D eigenvalue weighted by atomic mass is 9.91. The Morgan fingerprint density at radius 2 is 1.91 bits per heavy atom. The van der Waals surface area contributed by atoms with Gasteiger partial charge in [0.1, 0.15) is 10.6 Å². The highest BCUT2D eigenvalue weighted by molar-refractivity contribution is 7.90. The number of imidazole rings is 1. The monoisotopic (exact) mass is 510 g/mol. The first-order valence-corrected chi connectivity index (χ1v) is 13.0. The van der Waals surface area contributed by atoms with E-state index >= 15 is 0 Å². The molecule has 194 valence electrons. The van der Waals surface area contributed by atoms with E-state index < -0.39 is 51.3 Å². The molecular formula is C25H36F2N4O3S. The fourth-order valence-electron chi connectivity index (χ4n) is 4.63. The average Bonchev–Trinajstić information content (AvgIpc) is 3.05. The third-order valence-corrected chi connectivity index (χ3v) is 8.03. The van der Waals surface area contributed by atoms with Crippen molar-refractivity contribution < 1.29 is 23.2 Å². The third kappa shape index (κ3) is 5.81. The van der Waals surface area contributed by atoms with Crippen LogP contribution in [0.2, 0.25) is 0 Å². The molecule has 2 N–H and O–H groups in total. The summed E-state index contributed by atoms with van der Waals surface area (Å²) in [4.78, 5) is 18.3. The van der Waals surface area contributed by atoms with E-state index in [2.05, 4.69) is 9.71 Å². The van der Waals surface area contributed by atoms with Crippen molar-refractivity contribution >= 4 is 17.5 Å². The van der Waals surface area contributed by atoms with Gasteiger partial charge in [0.15, 0.2) is 11.6 Å². The lowest BCUT2D eigenvalue weighted by molar-refractivity contribution is 0.0633. The van der Waals surface area contributed by atoms with Crippen LogP contribution in [0.25, 0.3) is 0 Å². The molecule has 1 amide bonds. The Balaban J connectivity index is 2.10. The minimum atomic E-state index is -1.35. The van der Waals surface area contributed by atoms with Gasteiger partial charge in [-0.3, -0.25) is 4.90 Å². The maximum atomic E-state index is 14.8. The van der Waals surface area contributed by atoms with Crippen molar-refractivity contribution in [3.05, 3.63) is 53.1 Å². The lowest BCUT2D eigenvalue weighted by Crippen LogP contribution is -2.47. The van der Waals surface area contributed by atoms with Gasteiger partial charge in [0.2, 0.25) is 0 Å². The summed E-state index contributed by atoms with van der Waals surface area (Å²) in [6.45, 7) is 13.2. The molecule has 0 fully saturated rings. The summed E-state index contributed by atoms with van der Waals surface area (Å²) in [6.07, 6.45) is 1.43. The van der Waals surface area contributed by atoms with Crippen LogP contribution in [0.1, 0.15) is 96.4 Å². The molecular weight excluding hydrogens is 474 g/mol. The fraction of sp³-hybridized carbons (Fsp3) is 0.600. The molecule has 0 saturated heterocycles. The smallest absolute Gasteiger partial charge is 0.408 e.